The normalized spacial score (nSPS) is 18.4. The van der Waals surface area contributed by atoms with Gasteiger partial charge in [0.2, 0.25) is 0 Å². The number of rotatable bonds is 5. The second-order valence-electron chi connectivity index (χ2n) is 7.10. The third-order valence-corrected chi connectivity index (χ3v) is 8.08. The van der Waals surface area contributed by atoms with Gasteiger partial charge in [0.15, 0.2) is 8.07 Å². The summed E-state index contributed by atoms with van der Waals surface area (Å²) in [5.74, 6) is 1.10. The van der Waals surface area contributed by atoms with E-state index in [2.05, 4.69) is 58.0 Å². The molecule has 1 aliphatic heterocycles. The van der Waals surface area contributed by atoms with E-state index in [9.17, 15) is 5.11 Å². The first-order chi connectivity index (χ1) is 9.78. The van der Waals surface area contributed by atoms with Crippen LogP contribution in [0, 0.1) is 11.8 Å². The van der Waals surface area contributed by atoms with Crippen molar-refractivity contribution in [1.29, 1.82) is 0 Å². The van der Waals surface area contributed by atoms with Crippen molar-refractivity contribution >= 4 is 13.8 Å². The van der Waals surface area contributed by atoms with Crippen LogP contribution in [0.15, 0.2) is 28.9 Å². The zero-order valence-corrected chi connectivity index (χ0v) is 16.5. The minimum absolute atomic E-state index is 0. The van der Waals surface area contributed by atoms with Gasteiger partial charge in [-0.3, -0.25) is 0 Å². The van der Waals surface area contributed by atoms with E-state index in [1.807, 2.05) is 10.9 Å². The van der Waals surface area contributed by atoms with Crippen molar-refractivity contribution in [2.75, 3.05) is 0 Å². The predicted octanol–water partition coefficient (Wildman–Crippen LogP) is 4.58. The van der Waals surface area contributed by atoms with Crippen LogP contribution in [0.2, 0.25) is 13.1 Å². The molecule has 0 saturated carbocycles. The van der Waals surface area contributed by atoms with Crippen LogP contribution in [0.1, 0.15) is 39.8 Å². The summed E-state index contributed by atoms with van der Waals surface area (Å²) in [6, 6.07) is 2.06. The molecule has 0 spiro atoms. The van der Waals surface area contributed by atoms with Gasteiger partial charge in [-0.15, -0.1) is 0 Å². The molecule has 1 N–H and O–H groups in total. The first-order valence-corrected chi connectivity index (χ1v) is 11.0. The van der Waals surface area contributed by atoms with Gasteiger partial charge in [-0.2, -0.15) is 5.10 Å². The van der Waals surface area contributed by atoms with Crippen molar-refractivity contribution < 1.29 is 21.9 Å². The molecule has 1 aromatic rings. The number of hydrogen-bond acceptors (Lipinski definition) is 2. The molecule has 1 aromatic heterocycles. The van der Waals surface area contributed by atoms with Crippen molar-refractivity contribution in [2.45, 2.75) is 53.6 Å². The Morgan fingerprint density at radius 2 is 1.91 bits per heavy atom. The molecule has 0 bridgehead atoms. The topological polar surface area (TPSA) is 38.0 Å². The van der Waals surface area contributed by atoms with Crippen LogP contribution in [0.4, 0.5) is 0 Å². The molecule has 1 aliphatic rings. The molecule has 0 fully saturated rings. The van der Waals surface area contributed by atoms with E-state index in [1.54, 1.807) is 0 Å². The Kier molecular flexibility index (Phi) is 6.30. The van der Waals surface area contributed by atoms with Crippen LogP contribution >= 0.6 is 0 Å². The van der Waals surface area contributed by atoms with Gasteiger partial charge in [0, 0.05) is 28.7 Å². The fraction of sp³-hybridized carbons (Fsp3) is 0.588. The second kappa shape index (κ2) is 7.19. The molecule has 0 aromatic carbocycles. The third kappa shape index (κ3) is 3.41. The van der Waals surface area contributed by atoms with Gasteiger partial charge in [0.25, 0.3) is 0 Å². The Morgan fingerprint density at radius 3 is 2.45 bits per heavy atom. The molecule has 125 valence electrons. The summed E-state index contributed by atoms with van der Waals surface area (Å²) in [7, 11) is -1.90. The molecular weight excluding hydrogens is 335 g/mol. The largest absolute Gasteiger partial charge is 0.515 e. The fourth-order valence-corrected chi connectivity index (χ4v) is 6.14. The minimum Gasteiger partial charge on any atom is -0.515 e. The maximum absolute atomic E-state index is 10.8. The number of hydrogen-bond donors (Lipinski definition) is 1. The van der Waals surface area contributed by atoms with E-state index in [4.69, 9.17) is 0 Å². The third-order valence-electron chi connectivity index (χ3n) is 4.56. The van der Waals surface area contributed by atoms with Crippen molar-refractivity contribution in [2.24, 2.45) is 11.8 Å². The Labute approximate surface area is 145 Å². The molecule has 22 heavy (non-hydrogen) atoms. The first kappa shape index (κ1) is 19.3. The molecule has 2 rings (SSSR count). The van der Waals surface area contributed by atoms with E-state index in [-0.39, 0.29) is 16.8 Å². The molecule has 3 nitrogen and oxygen atoms in total. The van der Waals surface area contributed by atoms with E-state index >= 15 is 0 Å². The summed E-state index contributed by atoms with van der Waals surface area (Å²) in [6.07, 6.45) is 6.13. The molecule has 0 aliphatic carbocycles. The average Bonchev–Trinajstić information content (AvgIpc) is 2.93. The molecule has 1 atom stereocenters. The van der Waals surface area contributed by atoms with Gasteiger partial charge in [0.05, 0.1) is 5.70 Å². The number of allylic oxidation sites excluding steroid dienone is 3. The zero-order chi connectivity index (χ0) is 15.8. The summed E-state index contributed by atoms with van der Waals surface area (Å²) in [4.78, 5) is 0. The number of aromatic nitrogens is 2. The summed E-state index contributed by atoms with van der Waals surface area (Å²) >= 11 is 0. The smallest absolute Gasteiger partial charge is 0.154 e. The van der Waals surface area contributed by atoms with Gasteiger partial charge in [-0.1, -0.05) is 52.4 Å². The van der Waals surface area contributed by atoms with Gasteiger partial charge in [-0.05, 0) is 30.4 Å². The summed E-state index contributed by atoms with van der Waals surface area (Å²) in [5.41, 5.74) is 2.08. The summed E-state index contributed by atoms with van der Waals surface area (Å²) < 4.78 is 1.94. The molecule has 1 unspecified atom stereocenters. The Hall–Kier alpha value is -0.787. The van der Waals surface area contributed by atoms with E-state index < -0.39 is 8.07 Å². The van der Waals surface area contributed by atoms with Crippen LogP contribution in [0.5, 0.6) is 0 Å². The Balaban J connectivity index is 0.00000242. The standard InChI is InChI=1S/C17H28N2OSi.Co/c1-7-13(4)16-11-15(17(20)21(16,5)6)19-14(8-9-18-19)10-12(2)3;/h8-9,11-13,20H,7,10H2,1-6H3;. The van der Waals surface area contributed by atoms with E-state index in [1.165, 1.54) is 10.9 Å². The maximum atomic E-state index is 10.8. The maximum Gasteiger partial charge on any atom is 0.154 e. The number of aliphatic hydroxyl groups excluding tert-OH is 1. The summed E-state index contributed by atoms with van der Waals surface area (Å²) in [6.45, 7) is 13.4. The zero-order valence-electron chi connectivity index (χ0n) is 14.5. The number of nitrogens with zero attached hydrogens (tertiary/aromatic N) is 2. The van der Waals surface area contributed by atoms with Crippen molar-refractivity contribution in [3.8, 4) is 0 Å². The molecule has 0 saturated heterocycles. The van der Waals surface area contributed by atoms with Crippen molar-refractivity contribution in [3.63, 3.8) is 0 Å². The van der Waals surface area contributed by atoms with Gasteiger partial charge < -0.3 is 5.11 Å². The minimum atomic E-state index is -1.90. The first-order valence-electron chi connectivity index (χ1n) is 7.98. The average molecular weight is 363 g/mol. The second-order valence-corrected chi connectivity index (χ2v) is 11.4. The van der Waals surface area contributed by atoms with Crippen LogP contribution in [-0.2, 0) is 23.2 Å². The van der Waals surface area contributed by atoms with Gasteiger partial charge in [0.1, 0.15) is 5.38 Å². The monoisotopic (exact) mass is 363 g/mol. The molecular formula is C17H28CoN2OSi. The molecule has 5 heteroatoms. The number of aliphatic hydroxyl groups is 1. The van der Waals surface area contributed by atoms with Crippen LogP contribution in [0.25, 0.3) is 5.70 Å². The van der Waals surface area contributed by atoms with Crippen molar-refractivity contribution in [3.05, 3.63) is 34.6 Å². The Morgan fingerprint density at radius 1 is 1.27 bits per heavy atom. The SMILES string of the molecule is CCC(C)C1=CC(n2nccc2CC(C)C)=C(O)[Si]1(C)C.[Co]. The van der Waals surface area contributed by atoms with Gasteiger partial charge in [-0.25, -0.2) is 4.68 Å². The van der Waals surface area contributed by atoms with Gasteiger partial charge >= 0.3 is 0 Å². The van der Waals surface area contributed by atoms with Crippen molar-refractivity contribution in [1.82, 2.24) is 9.78 Å². The molecule has 1 radical (unpaired) electrons. The quantitative estimate of drug-likeness (QED) is 0.778. The van der Waals surface area contributed by atoms with E-state index in [0.29, 0.717) is 17.2 Å². The fourth-order valence-electron chi connectivity index (χ4n) is 3.11. The van der Waals surface area contributed by atoms with Crippen LogP contribution in [-0.4, -0.2) is 23.0 Å². The Bertz CT molecular complexity index is 587. The predicted molar refractivity (Wildman–Crippen MR) is 91.6 cm³/mol. The summed E-state index contributed by atoms with van der Waals surface area (Å²) in [5, 5.41) is 17.3. The van der Waals surface area contributed by atoms with E-state index in [0.717, 1.165) is 18.5 Å². The molecule has 0 amide bonds. The van der Waals surface area contributed by atoms with Crippen LogP contribution in [0.3, 0.4) is 0 Å². The van der Waals surface area contributed by atoms with Crippen LogP contribution < -0.4 is 0 Å². The molecule has 2 heterocycles.